The van der Waals surface area contributed by atoms with Gasteiger partial charge >= 0.3 is 17.9 Å². The molecule has 9 N–H and O–H groups in total. The highest BCUT2D eigenvalue weighted by Gasteiger charge is 2.32. The van der Waals surface area contributed by atoms with Crippen LogP contribution in [0.4, 0.5) is 0 Å². The summed E-state index contributed by atoms with van der Waals surface area (Å²) >= 11 is 0. The number of nitrogens with zero attached hydrogens (tertiary/aromatic N) is 1. The van der Waals surface area contributed by atoms with Crippen LogP contribution in [0.1, 0.15) is 45.2 Å². The lowest BCUT2D eigenvalue weighted by Crippen LogP contribution is -2.58. The summed E-state index contributed by atoms with van der Waals surface area (Å²) in [6.45, 7) is 3.14. The number of H-pyrrole nitrogens is 1. The van der Waals surface area contributed by atoms with Gasteiger partial charge in [0, 0.05) is 31.2 Å². The van der Waals surface area contributed by atoms with Crippen molar-refractivity contribution in [3.8, 4) is 0 Å². The molecule has 0 spiro atoms. The number of hydrogen-bond donors (Lipinski definition) is 8. The number of amides is 3. The third kappa shape index (κ3) is 10.5. The van der Waals surface area contributed by atoms with E-state index in [1.165, 1.54) is 12.5 Å². The predicted octanol–water partition coefficient (Wildman–Crippen LogP) is -1.80. The zero-order valence-electron chi connectivity index (χ0n) is 19.9. The summed E-state index contributed by atoms with van der Waals surface area (Å²) in [5.74, 6) is -6.94. The first-order valence-electron chi connectivity index (χ1n) is 11.1. The average molecular weight is 513 g/mol. The van der Waals surface area contributed by atoms with Crippen molar-refractivity contribution in [3.05, 3.63) is 18.2 Å². The molecule has 1 aromatic rings. The van der Waals surface area contributed by atoms with Crippen LogP contribution >= 0.6 is 0 Å². The van der Waals surface area contributed by atoms with E-state index in [1.54, 1.807) is 13.8 Å². The number of hydrogen-bond acceptors (Lipinski definition) is 8. The number of rotatable bonds is 16. The van der Waals surface area contributed by atoms with Crippen molar-refractivity contribution in [1.82, 2.24) is 25.9 Å². The maximum absolute atomic E-state index is 12.9. The molecule has 0 bridgehead atoms. The van der Waals surface area contributed by atoms with Gasteiger partial charge in [0.25, 0.3) is 0 Å². The van der Waals surface area contributed by atoms with Crippen molar-refractivity contribution < 1.29 is 44.1 Å². The fourth-order valence-corrected chi connectivity index (χ4v) is 3.12. The Kier molecular flexibility index (Phi) is 12.0. The molecule has 0 saturated heterocycles. The summed E-state index contributed by atoms with van der Waals surface area (Å²) in [6.07, 6.45) is 1.29. The van der Waals surface area contributed by atoms with Crippen molar-refractivity contribution in [2.45, 2.75) is 70.1 Å². The molecular weight excluding hydrogens is 480 g/mol. The van der Waals surface area contributed by atoms with Gasteiger partial charge in [-0.25, -0.2) is 9.78 Å². The first-order valence-corrected chi connectivity index (χ1v) is 11.1. The van der Waals surface area contributed by atoms with E-state index in [1.807, 2.05) is 0 Å². The molecule has 0 radical (unpaired) electrons. The second-order valence-corrected chi connectivity index (χ2v) is 8.44. The highest BCUT2D eigenvalue weighted by Crippen LogP contribution is 2.08. The molecule has 0 fully saturated rings. The van der Waals surface area contributed by atoms with E-state index < -0.39 is 78.6 Å². The summed E-state index contributed by atoms with van der Waals surface area (Å²) in [5, 5.41) is 34.1. The molecule has 0 aliphatic carbocycles. The lowest BCUT2D eigenvalue weighted by atomic mass is 10.0. The monoisotopic (exact) mass is 512 g/mol. The minimum absolute atomic E-state index is 0.0725. The first kappa shape index (κ1) is 30.0. The molecule has 1 rings (SSSR count). The summed E-state index contributed by atoms with van der Waals surface area (Å²) < 4.78 is 0. The Hall–Kier alpha value is -4.01. The zero-order valence-corrected chi connectivity index (χ0v) is 19.9. The molecule has 1 aromatic heterocycles. The average Bonchev–Trinajstić information content (AvgIpc) is 3.29. The number of imidazole rings is 1. The minimum atomic E-state index is -1.50. The Labute approximate surface area is 206 Å². The molecule has 15 nitrogen and oxygen atoms in total. The van der Waals surface area contributed by atoms with Crippen molar-refractivity contribution >= 4 is 35.6 Å². The number of aromatic nitrogens is 2. The van der Waals surface area contributed by atoms with E-state index in [4.69, 9.17) is 15.9 Å². The topological polar surface area (TPSA) is 254 Å². The van der Waals surface area contributed by atoms with Crippen LogP contribution in [0.5, 0.6) is 0 Å². The van der Waals surface area contributed by atoms with Crippen LogP contribution in [-0.4, -0.2) is 85.1 Å². The highest BCUT2D eigenvalue weighted by molar-refractivity contribution is 5.94. The van der Waals surface area contributed by atoms with Crippen LogP contribution < -0.4 is 21.7 Å². The van der Waals surface area contributed by atoms with Gasteiger partial charge in [0.1, 0.15) is 18.1 Å². The van der Waals surface area contributed by atoms with Gasteiger partial charge in [-0.1, -0.05) is 13.8 Å². The predicted molar refractivity (Wildman–Crippen MR) is 122 cm³/mol. The van der Waals surface area contributed by atoms with Crippen LogP contribution in [0, 0.1) is 5.92 Å². The van der Waals surface area contributed by atoms with Gasteiger partial charge in [-0.3, -0.25) is 24.0 Å². The van der Waals surface area contributed by atoms with Crippen LogP contribution in [0.3, 0.4) is 0 Å². The standard InChI is InChI=1S/C21H32N6O9/c1-10(2)17(20(34)26-14(21(35)36)4-6-16(30)31)27-19(33)13(3-5-15(28)29)25-18(32)12(22)7-11-8-23-9-24-11/h8-10,12-14,17H,3-7,22H2,1-2H3,(H,23,24)(H,25,32)(H,26,34)(H,27,33)(H,28,29)(H,30,31)(H,35,36). The molecule has 0 aliphatic rings. The number of carbonyl (C=O) groups is 6. The molecular formula is C21H32N6O9. The number of carbonyl (C=O) groups excluding carboxylic acids is 3. The first-order chi connectivity index (χ1) is 16.8. The largest absolute Gasteiger partial charge is 0.481 e. The maximum Gasteiger partial charge on any atom is 0.326 e. The van der Waals surface area contributed by atoms with Gasteiger partial charge in [-0.05, 0) is 18.8 Å². The minimum Gasteiger partial charge on any atom is -0.481 e. The molecule has 0 aromatic carbocycles. The fraction of sp³-hybridized carbons (Fsp3) is 0.571. The maximum atomic E-state index is 12.9. The zero-order chi connectivity index (χ0) is 27.4. The van der Waals surface area contributed by atoms with Gasteiger partial charge in [-0.15, -0.1) is 0 Å². The van der Waals surface area contributed by atoms with Crippen LogP contribution in [0.2, 0.25) is 0 Å². The number of nitrogens with one attached hydrogen (secondary N) is 4. The lowest BCUT2D eigenvalue weighted by Gasteiger charge is -2.27. The Morgan fingerprint density at radius 2 is 1.44 bits per heavy atom. The normalized spacial score (nSPS) is 14.2. The van der Waals surface area contributed by atoms with Gasteiger partial charge in [-0.2, -0.15) is 0 Å². The fourth-order valence-electron chi connectivity index (χ4n) is 3.12. The number of aromatic amines is 1. The number of carboxylic acids is 3. The molecule has 3 amide bonds. The van der Waals surface area contributed by atoms with Crippen LogP contribution in [-0.2, 0) is 35.2 Å². The van der Waals surface area contributed by atoms with E-state index in [0.717, 1.165) is 0 Å². The van der Waals surface area contributed by atoms with Gasteiger partial charge in [0.05, 0.1) is 12.4 Å². The van der Waals surface area contributed by atoms with Gasteiger partial charge in [0.15, 0.2) is 0 Å². The summed E-state index contributed by atoms with van der Waals surface area (Å²) in [5.41, 5.74) is 6.44. The molecule has 200 valence electrons. The quantitative estimate of drug-likeness (QED) is 0.123. The molecule has 15 heteroatoms. The number of aliphatic carboxylic acids is 3. The lowest BCUT2D eigenvalue weighted by molar-refractivity contribution is -0.143. The summed E-state index contributed by atoms with van der Waals surface area (Å²) in [7, 11) is 0. The van der Waals surface area contributed by atoms with Gasteiger partial charge in [0.2, 0.25) is 17.7 Å². The summed E-state index contributed by atoms with van der Waals surface area (Å²) in [4.78, 5) is 78.0. The van der Waals surface area contributed by atoms with Crippen LogP contribution in [0.25, 0.3) is 0 Å². The Morgan fingerprint density at radius 3 is 1.92 bits per heavy atom. The third-order valence-corrected chi connectivity index (χ3v) is 5.12. The van der Waals surface area contributed by atoms with E-state index in [0.29, 0.717) is 5.69 Å². The van der Waals surface area contributed by atoms with Gasteiger partial charge < -0.3 is 42.0 Å². The van der Waals surface area contributed by atoms with Crippen molar-refractivity contribution in [2.75, 3.05) is 0 Å². The molecule has 1 heterocycles. The molecule has 4 unspecified atom stereocenters. The van der Waals surface area contributed by atoms with Crippen molar-refractivity contribution in [1.29, 1.82) is 0 Å². The Bertz CT molecular complexity index is 934. The second-order valence-electron chi connectivity index (χ2n) is 8.44. The van der Waals surface area contributed by atoms with Crippen LogP contribution in [0.15, 0.2) is 12.5 Å². The second kappa shape index (κ2) is 14.4. The smallest absolute Gasteiger partial charge is 0.326 e. The number of carboxylic acid groups (broad SMARTS) is 3. The molecule has 0 aliphatic heterocycles. The summed E-state index contributed by atoms with van der Waals surface area (Å²) in [6, 6.07) is -5.19. The van der Waals surface area contributed by atoms with Crippen molar-refractivity contribution in [3.63, 3.8) is 0 Å². The SMILES string of the molecule is CC(C)C(NC(=O)C(CCC(=O)O)NC(=O)C(N)Cc1cnc[nH]1)C(=O)NC(CCC(=O)O)C(=O)O. The Morgan fingerprint density at radius 1 is 0.889 bits per heavy atom. The highest BCUT2D eigenvalue weighted by atomic mass is 16.4. The Balaban J connectivity index is 2.93. The molecule has 36 heavy (non-hydrogen) atoms. The molecule has 0 saturated carbocycles. The van der Waals surface area contributed by atoms with E-state index in [-0.39, 0.29) is 19.3 Å². The molecule has 4 atom stereocenters. The van der Waals surface area contributed by atoms with E-state index in [2.05, 4.69) is 25.9 Å². The van der Waals surface area contributed by atoms with Crippen molar-refractivity contribution in [2.24, 2.45) is 11.7 Å². The third-order valence-electron chi connectivity index (χ3n) is 5.12. The van der Waals surface area contributed by atoms with E-state index in [9.17, 15) is 33.9 Å². The number of nitrogens with two attached hydrogens (primary N) is 1. The van der Waals surface area contributed by atoms with E-state index >= 15 is 0 Å².